The van der Waals surface area contributed by atoms with E-state index in [1.807, 2.05) is 31.2 Å². The highest BCUT2D eigenvalue weighted by Gasteiger charge is 2.39. The lowest BCUT2D eigenvalue weighted by atomic mass is 9.85. The standard InChI is InChI=1S/C18H28N2O2/c1-4-12-20(3)15-9-7-14(8-10-15)17(22)19-16-6-5-11-18(16,2)13-21/h7-10,16,21H,4-6,11-13H2,1-3H3,(H,19,22). The Morgan fingerprint density at radius 2 is 2.09 bits per heavy atom. The summed E-state index contributed by atoms with van der Waals surface area (Å²) in [4.78, 5) is 14.6. The second-order valence-electron chi connectivity index (χ2n) is 6.70. The summed E-state index contributed by atoms with van der Waals surface area (Å²) in [6.45, 7) is 5.33. The van der Waals surface area contributed by atoms with Crippen molar-refractivity contribution in [3.05, 3.63) is 29.8 Å². The van der Waals surface area contributed by atoms with Gasteiger partial charge in [-0.1, -0.05) is 20.3 Å². The lowest BCUT2D eigenvalue weighted by Crippen LogP contribution is -2.44. The summed E-state index contributed by atoms with van der Waals surface area (Å²) in [6, 6.07) is 7.80. The molecule has 1 saturated carbocycles. The molecule has 0 aliphatic heterocycles. The van der Waals surface area contributed by atoms with E-state index in [1.165, 1.54) is 0 Å². The fourth-order valence-electron chi connectivity index (χ4n) is 3.24. The van der Waals surface area contributed by atoms with Gasteiger partial charge in [-0.2, -0.15) is 0 Å². The van der Waals surface area contributed by atoms with Crippen molar-refractivity contribution in [2.24, 2.45) is 5.41 Å². The number of hydrogen-bond acceptors (Lipinski definition) is 3. The third-order valence-corrected chi connectivity index (χ3v) is 4.88. The van der Waals surface area contributed by atoms with Gasteiger partial charge in [0, 0.05) is 36.3 Å². The van der Waals surface area contributed by atoms with Crippen molar-refractivity contribution in [1.82, 2.24) is 5.32 Å². The van der Waals surface area contributed by atoms with Gasteiger partial charge in [0.2, 0.25) is 0 Å². The van der Waals surface area contributed by atoms with Crippen LogP contribution in [0, 0.1) is 5.41 Å². The molecule has 0 bridgehead atoms. The molecule has 4 heteroatoms. The Bertz CT molecular complexity index is 500. The molecule has 0 spiro atoms. The highest BCUT2D eigenvalue weighted by Crippen LogP contribution is 2.37. The van der Waals surface area contributed by atoms with Gasteiger partial charge in [-0.15, -0.1) is 0 Å². The van der Waals surface area contributed by atoms with Gasteiger partial charge in [0.15, 0.2) is 0 Å². The van der Waals surface area contributed by atoms with Gasteiger partial charge in [0.05, 0.1) is 6.61 Å². The van der Waals surface area contributed by atoms with Crippen LogP contribution in [0.4, 0.5) is 5.69 Å². The van der Waals surface area contributed by atoms with Gasteiger partial charge in [0.25, 0.3) is 5.91 Å². The third kappa shape index (κ3) is 3.61. The van der Waals surface area contributed by atoms with Crippen molar-refractivity contribution >= 4 is 11.6 Å². The number of aliphatic hydroxyl groups is 1. The SMILES string of the molecule is CCCN(C)c1ccc(C(=O)NC2CCCC2(C)CO)cc1. The molecule has 2 unspecified atom stereocenters. The Morgan fingerprint density at radius 3 is 2.68 bits per heavy atom. The van der Waals surface area contributed by atoms with E-state index in [2.05, 4.69) is 24.2 Å². The highest BCUT2D eigenvalue weighted by atomic mass is 16.3. The molecule has 0 heterocycles. The van der Waals surface area contributed by atoms with Crippen LogP contribution in [0.15, 0.2) is 24.3 Å². The fraction of sp³-hybridized carbons (Fsp3) is 0.611. The third-order valence-electron chi connectivity index (χ3n) is 4.88. The number of amides is 1. The molecule has 1 aliphatic rings. The average molecular weight is 304 g/mol. The smallest absolute Gasteiger partial charge is 0.251 e. The van der Waals surface area contributed by atoms with E-state index in [0.717, 1.165) is 37.9 Å². The number of carbonyl (C=O) groups is 1. The number of rotatable bonds is 6. The zero-order valence-electron chi connectivity index (χ0n) is 13.9. The first kappa shape index (κ1) is 16.8. The molecular formula is C18H28N2O2. The molecule has 22 heavy (non-hydrogen) atoms. The van der Waals surface area contributed by atoms with Crippen molar-refractivity contribution in [3.8, 4) is 0 Å². The molecule has 122 valence electrons. The largest absolute Gasteiger partial charge is 0.396 e. The van der Waals surface area contributed by atoms with Crippen molar-refractivity contribution in [1.29, 1.82) is 0 Å². The Balaban J connectivity index is 2.01. The molecule has 0 aromatic heterocycles. The predicted octanol–water partition coefficient (Wildman–Crippen LogP) is 2.81. The molecule has 0 saturated heterocycles. The van der Waals surface area contributed by atoms with Crippen LogP contribution in [-0.4, -0.2) is 37.3 Å². The van der Waals surface area contributed by atoms with Crippen LogP contribution >= 0.6 is 0 Å². The van der Waals surface area contributed by atoms with Crippen molar-refractivity contribution in [3.63, 3.8) is 0 Å². The summed E-state index contributed by atoms with van der Waals surface area (Å²) in [6.07, 6.45) is 4.07. The second kappa shape index (κ2) is 7.14. The molecule has 1 aromatic carbocycles. The molecule has 1 amide bonds. The Morgan fingerprint density at radius 1 is 1.41 bits per heavy atom. The van der Waals surface area contributed by atoms with Gasteiger partial charge in [-0.25, -0.2) is 0 Å². The summed E-state index contributed by atoms with van der Waals surface area (Å²) in [5.74, 6) is -0.0451. The Kier molecular flexibility index (Phi) is 5.46. The molecule has 1 fully saturated rings. The van der Waals surface area contributed by atoms with E-state index in [-0.39, 0.29) is 24.0 Å². The van der Waals surface area contributed by atoms with E-state index >= 15 is 0 Å². The monoisotopic (exact) mass is 304 g/mol. The van der Waals surface area contributed by atoms with Crippen molar-refractivity contribution < 1.29 is 9.90 Å². The lowest BCUT2D eigenvalue weighted by molar-refractivity contribution is 0.0830. The van der Waals surface area contributed by atoms with Gasteiger partial charge in [-0.05, 0) is 43.5 Å². The minimum absolute atomic E-state index is 0.0451. The van der Waals surface area contributed by atoms with Crippen LogP contribution in [0.3, 0.4) is 0 Å². The Hall–Kier alpha value is -1.55. The number of aliphatic hydroxyl groups excluding tert-OH is 1. The number of nitrogens with one attached hydrogen (secondary N) is 1. The van der Waals surface area contributed by atoms with E-state index in [4.69, 9.17) is 0 Å². The summed E-state index contributed by atoms with van der Waals surface area (Å²) in [7, 11) is 2.06. The van der Waals surface area contributed by atoms with Crippen LogP contribution in [-0.2, 0) is 0 Å². The van der Waals surface area contributed by atoms with Crippen LogP contribution < -0.4 is 10.2 Å². The molecule has 2 atom stereocenters. The van der Waals surface area contributed by atoms with Crippen LogP contribution in [0.2, 0.25) is 0 Å². The number of benzene rings is 1. The average Bonchev–Trinajstić information content (AvgIpc) is 2.89. The molecular weight excluding hydrogens is 276 g/mol. The first-order valence-corrected chi connectivity index (χ1v) is 8.23. The van der Waals surface area contributed by atoms with Gasteiger partial charge in [0.1, 0.15) is 0 Å². The Labute approximate surface area is 133 Å². The second-order valence-corrected chi connectivity index (χ2v) is 6.70. The minimum atomic E-state index is -0.184. The van der Waals surface area contributed by atoms with Gasteiger partial charge in [-0.3, -0.25) is 4.79 Å². The molecule has 1 aliphatic carbocycles. The van der Waals surface area contributed by atoms with E-state index in [1.54, 1.807) is 0 Å². The number of nitrogens with zero attached hydrogens (tertiary/aromatic N) is 1. The zero-order valence-corrected chi connectivity index (χ0v) is 13.9. The summed E-state index contributed by atoms with van der Waals surface area (Å²) >= 11 is 0. The molecule has 2 rings (SSSR count). The van der Waals surface area contributed by atoms with Crippen LogP contribution in [0.1, 0.15) is 49.9 Å². The van der Waals surface area contributed by atoms with E-state index in [0.29, 0.717) is 5.56 Å². The number of hydrogen-bond donors (Lipinski definition) is 2. The molecule has 0 radical (unpaired) electrons. The maximum atomic E-state index is 12.4. The maximum absolute atomic E-state index is 12.4. The lowest BCUT2D eigenvalue weighted by Gasteiger charge is -2.30. The van der Waals surface area contributed by atoms with Crippen molar-refractivity contribution in [2.45, 2.75) is 45.6 Å². The topological polar surface area (TPSA) is 52.6 Å². The normalized spacial score (nSPS) is 24.3. The quantitative estimate of drug-likeness (QED) is 0.849. The van der Waals surface area contributed by atoms with Gasteiger partial charge < -0.3 is 15.3 Å². The number of carbonyl (C=O) groups excluding carboxylic acids is 1. The predicted molar refractivity (Wildman–Crippen MR) is 90.3 cm³/mol. The van der Waals surface area contributed by atoms with Crippen LogP contribution in [0.5, 0.6) is 0 Å². The summed E-state index contributed by atoms with van der Waals surface area (Å²) in [5, 5.41) is 12.7. The first-order valence-electron chi connectivity index (χ1n) is 8.23. The molecule has 4 nitrogen and oxygen atoms in total. The highest BCUT2D eigenvalue weighted by molar-refractivity contribution is 5.94. The zero-order chi connectivity index (χ0) is 16.2. The number of anilines is 1. The summed E-state index contributed by atoms with van der Waals surface area (Å²) < 4.78 is 0. The first-order chi connectivity index (χ1) is 10.5. The van der Waals surface area contributed by atoms with Gasteiger partial charge >= 0.3 is 0 Å². The minimum Gasteiger partial charge on any atom is -0.396 e. The molecule has 1 aromatic rings. The van der Waals surface area contributed by atoms with E-state index in [9.17, 15) is 9.90 Å². The molecule has 2 N–H and O–H groups in total. The van der Waals surface area contributed by atoms with E-state index < -0.39 is 0 Å². The van der Waals surface area contributed by atoms with Crippen molar-refractivity contribution in [2.75, 3.05) is 25.1 Å². The fourth-order valence-corrected chi connectivity index (χ4v) is 3.24. The summed E-state index contributed by atoms with van der Waals surface area (Å²) in [5.41, 5.74) is 1.62. The van der Waals surface area contributed by atoms with Crippen LogP contribution in [0.25, 0.3) is 0 Å². The maximum Gasteiger partial charge on any atom is 0.251 e.